The third kappa shape index (κ3) is 3.09. The van der Waals surface area contributed by atoms with Crippen LogP contribution >= 0.6 is 0 Å². The number of fused-ring (bicyclic) bond motifs is 1. The van der Waals surface area contributed by atoms with Crippen LogP contribution in [0.3, 0.4) is 0 Å². The lowest BCUT2D eigenvalue weighted by Crippen LogP contribution is -2.34. The van der Waals surface area contributed by atoms with Crippen LogP contribution in [0.4, 0.5) is 10.3 Å². The molecule has 3 aromatic rings. The maximum atomic E-state index is 14.8. The Bertz CT molecular complexity index is 1140. The van der Waals surface area contributed by atoms with Crippen LogP contribution < -0.4 is 10.2 Å². The molecule has 0 bridgehead atoms. The van der Waals surface area contributed by atoms with Crippen molar-refractivity contribution in [1.29, 1.82) is 0 Å². The summed E-state index contributed by atoms with van der Waals surface area (Å²) in [7, 11) is 0. The van der Waals surface area contributed by atoms with Gasteiger partial charge in [-0.25, -0.2) is 19.3 Å². The number of hydrogen-bond donors (Lipinski definition) is 1. The number of nitrogens with zero attached hydrogens (tertiary/aromatic N) is 4. The summed E-state index contributed by atoms with van der Waals surface area (Å²) in [5.41, 5.74) is 3.04. The van der Waals surface area contributed by atoms with Crippen molar-refractivity contribution in [3.63, 3.8) is 0 Å². The van der Waals surface area contributed by atoms with Crippen LogP contribution in [0, 0.1) is 25.6 Å². The van der Waals surface area contributed by atoms with Crippen LogP contribution in [0.1, 0.15) is 21.7 Å². The van der Waals surface area contributed by atoms with Crippen molar-refractivity contribution in [2.75, 3.05) is 18.0 Å². The van der Waals surface area contributed by atoms with E-state index in [2.05, 4.69) is 20.3 Å². The van der Waals surface area contributed by atoms with Crippen LogP contribution in [0.15, 0.2) is 52.9 Å². The fourth-order valence-electron chi connectivity index (χ4n) is 4.22. The quantitative estimate of drug-likeness (QED) is 0.668. The van der Waals surface area contributed by atoms with Crippen LogP contribution in [-0.2, 0) is 0 Å². The standard InChI is InChI=1S/C22H20FN5O2/c1-12-8-13(2)27-22(26-12)28-10-14-9-25-19(16(14)11-28)20(29)18-15(4-3-5-17(18)23)21-24-6-7-30-21/h3-8,11,14,19,25H,9-10H2,1-2H3. The van der Waals surface area contributed by atoms with E-state index in [4.69, 9.17) is 4.42 Å². The van der Waals surface area contributed by atoms with Crippen molar-refractivity contribution < 1.29 is 13.6 Å². The first kappa shape index (κ1) is 18.6. The molecule has 0 saturated carbocycles. The van der Waals surface area contributed by atoms with Gasteiger partial charge in [0, 0.05) is 36.6 Å². The van der Waals surface area contributed by atoms with Gasteiger partial charge in [-0.3, -0.25) is 4.79 Å². The average Bonchev–Trinajstić information content (AvgIpc) is 3.43. The number of rotatable bonds is 4. The molecule has 1 aromatic carbocycles. The van der Waals surface area contributed by atoms with Crippen molar-refractivity contribution in [3.05, 3.63) is 71.3 Å². The van der Waals surface area contributed by atoms with Gasteiger partial charge in [-0.05, 0) is 37.6 Å². The molecule has 0 amide bonds. The molecule has 8 heteroatoms. The highest BCUT2D eigenvalue weighted by molar-refractivity contribution is 6.07. The second-order valence-corrected chi connectivity index (χ2v) is 7.63. The smallest absolute Gasteiger partial charge is 0.229 e. The van der Waals surface area contributed by atoms with Gasteiger partial charge in [-0.15, -0.1) is 0 Å². The predicted molar refractivity (Wildman–Crippen MR) is 108 cm³/mol. The van der Waals surface area contributed by atoms with Gasteiger partial charge in [0.15, 0.2) is 5.78 Å². The molecule has 0 spiro atoms. The lowest BCUT2D eigenvalue weighted by Gasteiger charge is -2.17. The topological polar surface area (TPSA) is 84.2 Å². The van der Waals surface area contributed by atoms with E-state index in [0.29, 0.717) is 24.6 Å². The molecular formula is C22H20FN5O2. The van der Waals surface area contributed by atoms with E-state index in [0.717, 1.165) is 17.0 Å². The molecule has 2 atom stereocenters. The Balaban J connectivity index is 1.50. The summed E-state index contributed by atoms with van der Waals surface area (Å²) in [6, 6.07) is 5.78. The Morgan fingerprint density at radius 1 is 1.27 bits per heavy atom. The minimum Gasteiger partial charge on any atom is -0.445 e. The number of aromatic nitrogens is 3. The van der Waals surface area contributed by atoms with Crippen molar-refractivity contribution in [2.45, 2.75) is 19.9 Å². The highest BCUT2D eigenvalue weighted by Crippen LogP contribution is 2.34. The number of hydrogen-bond acceptors (Lipinski definition) is 7. The normalized spacial score (nSPS) is 20.4. The number of halogens is 1. The van der Waals surface area contributed by atoms with E-state index in [9.17, 15) is 9.18 Å². The summed E-state index contributed by atoms with van der Waals surface area (Å²) in [6.45, 7) is 5.17. The van der Waals surface area contributed by atoms with E-state index >= 15 is 0 Å². The molecule has 7 nitrogen and oxygen atoms in total. The average molecular weight is 405 g/mol. The van der Waals surface area contributed by atoms with Crippen LogP contribution in [0.2, 0.25) is 0 Å². The van der Waals surface area contributed by atoms with Crippen LogP contribution in [0.5, 0.6) is 0 Å². The minimum absolute atomic E-state index is 0.0138. The van der Waals surface area contributed by atoms with Gasteiger partial charge in [-0.2, -0.15) is 0 Å². The zero-order valence-electron chi connectivity index (χ0n) is 16.6. The zero-order chi connectivity index (χ0) is 20.8. The van der Waals surface area contributed by atoms with Crippen molar-refractivity contribution in [3.8, 4) is 11.5 Å². The van der Waals surface area contributed by atoms with Crippen molar-refractivity contribution in [2.24, 2.45) is 5.92 Å². The largest absolute Gasteiger partial charge is 0.445 e. The van der Waals surface area contributed by atoms with Crippen molar-refractivity contribution in [1.82, 2.24) is 20.3 Å². The van der Waals surface area contributed by atoms with Gasteiger partial charge < -0.3 is 14.6 Å². The molecular weight excluding hydrogens is 385 g/mol. The highest BCUT2D eigenvalue weighted by Gasteiger charge is 2.41. The lowest BCUT2D eigenvalue weighted by molar-refractivity contribution is 0.0962. The summed E-state index contributed by atoms with van der Waals surface area (Å²) in [4.78, 5) is 28.5. The van der Waals surface area contributed by atoms with Gasteiger partial charge in [0.25, 0.3) is 0 Å². The van der Waals surface area contributed by atoms with Crippen LogP contribution in [-0.4, -0.2) is 39.9 Å². The SMILES string of the molecule is Cc1cc(C)nc(N2C=C3C(CNC3C(=O)c3c(F)cccc3-c3ncco3)C2)n1. The van der Waals surface area contributed by atoms with Gasteiger partial charge in [0.2, 0.25) is 11.8 Å². The molecule has 4 heterocycles. The first-order chi connectivity index (χ1) is 14.5. The van der Waals surface area contributed by atoms with Crippen LogP contribution in [0.25, 0.3) is 11.5 Å². The fourth-order valence-corrected chi connectivity index (χ4v) is 4.22. The van der Waals surface area contributed by atoms with E-state index in [1.54, 1.807) is 12.1 Å². The first-order valence-corrected chi connectivity index (χ1v) is 9.78. The van der Waals surface area contributed by atoms with Crippen molar-refractivity contribution >= 4 is 11.7 Å². The Labute approximate surface area is 172 Å². The maximum Gasteiger partial charge on any atom is 0.229 e. The number of ketones is 1. The molecule has 2 unspecified atom stereocenters. The maximum absolute atomic E-state index is 14.8. The number of carbonyl (C=O) groups is 1. The summed E-state index contributed by atoms with van der Waals surface area (Å²) in [5, 5.41) is 3.25. The van der Waals surface area contributed by atoms with Gasteiger partial charge in [0.05, 0.1) is 23.4 Å². The highest BCUT2D eigenvalue weighted by atomic mass is 19.1. The number of nitrogens with one attached hydrogen (secondary N) is 1. The zero-order valence-corrected chi connectivity index (χ0v) is 16.6. The minimum atomic E-state index is -0.614. The number of benzene rings is 1. The summed E-state index contributed by atoms with van der Waals surface area (Å²) in [6.07, 6.45) is 4.80. The molecule has 1 N–H and O–H groups in total. The predicted octanol–water partition coefficient (Wildman–Crippen LogP) is 3.06. The van der Waals surface area contributed by atoms with Gasteiger partial charge in [-0.1, -0.05) is 6.07 Å². The summed E-state index contributed by atoms with van der Waals surface area (Å²) >= 11 is 0. The molecule has 5 rings (SSSR count). The third-order valence-corrected chi connectivity index (χ3v) is 5.51. The van der Waals surface area contributed by atoms with Gasteiger partial charge in [0.1, 0.15) is 12.1 Å². The van der Waals surface area contributed by atoms with E-state index in [1.807, 2.05) is 31.0 Å². The summed E-state index contributed by atoms with van der Waals surface area (Å²) in [5.74, 6) is 0.0534. The Kier molecular flexibility index (Phi) is 4.43. The third-order valence-electron chi connectivity index (χ3n) is 5.51. The number of carbonyl (C=O) groups excluding carboxylic acids is 1. The Morgan fingerprint density at radius 3 is 2.80 bits per heavy atom. The van der Waals surface area contributed by atoms with E-state index < -0.39 is 11.9 Å². The molecule has 2 aromatic heterocycles. The first-order valence-electron chi connectivity index (χ1n) is 9.78. The number of Topliss-reactive ketones (excluding diaryl/α,β-unsaturated/α-hetero) is 1. The molecule has 2 aliphatic rings. The number of aryl methyl sites for hydroxylation is 2. The molecule has 0 radical (unpaired) electrons. The monoisotopic (exact) mass is 405 g/mol. The Morgan fingerprint density at radius 2 is 2.07 bits per heavy atom. The second kappa shape index (κ2) is 7.14. The molecule has 1 saturated heterocycles. The van der Waals surface area contributed by atoms with Gasteiger partial charge >= 0.3 is 0 Å². The molecule has 2 aliphatic heterocycles. The lowest BCUT2D eigenvalue weighted by atomic mass is 9.92. The number of oxazole rings is 1. The van der Waals surface area contributed by atoms with E-state index in [-0.39, 0.29) is 23.2 Å². The molecule has 30 heavy (non-hydrogen) atoms. The molecule has 152 valence electrons. The summed E-state index contributed by atoms with van der Waals surface area (Å²) < 4.78 is 20.1. The molecule has 1 fully saturated rings. The van der Waals surface area contributed by atoms with E-state index in [1.165, 1.54) is 18.5 Å². The number of anilines is 1. The fraction of sp³-hybridized carbons (Fsp3) is 0.273. The molecule has 0 aliphatic carbocycles. The second-order valence-electron chi connectivity index (χ2n) is 7.63. The Hall–Kier alpha value is -3.39.